The lowest BCUT2D eigenvalue weighted by Gasteiger charge is -1.94. The van der Waals surface area contributed by atoms with E-state index in [1.54, 1.807) is 11.3 Å². The van der Waals surface area contributed by atoms with Gasteiger partial charge in [-0.25, -0.2) is 4.98 Å². The Bertz CT molecular complexity index is 1170. The number of furan rings is 1. The lowest BCUT2D eigenvalue weighted by Crippen LogP contribution is -1.74. The quantitative estimate of drug-likeness (QED) is 0.348. The Morgan fingerprint density at radius 2 is 1.70 bits per heavy atom. The van der Waals surface area contributed by atoms with Gasteiger partial charge in [0, 0.05) is 16.3 Å². The summed E-state index contributed by atoms with van der Waals surface area (Å²) in [6, 6.07) is 20.2. The van der Waals surface area contributed by atoms with Crippen molar-refractivity contribution in [1.29, 1.82) is 0 Å². The van der Waals surface area contributed by atoms with E-state index in [1.165, 1.54) is 0 Å². The molecule has 0 unspecified atom stereocenters. The van der Waals surface area contributed by atoms with Crippen LogP contribution in [0.25, 0.3) is 42.7 Å². The molecule has 0 spiro atoms. The fraction of sp³-hybridized carbons (Fsp3) is 0. The van der Waals surface area contributed by atoms with Crippen molar-refractivity contribution in [3.63, 3.8) is 0 Å². The number of aromatic nitrogens is 1. The summed E-state index contributed by atoms with van der Waals surface area (Å²) in [5, 5.41) is 3.71. The van der Waals surface area contributed by atoms with Gasteiger partial charge in [-0.2, -0.15) is 0 Å². The highest BCUT2D eigenvalue weighted by molar-refractivity contribution is 7.22. The summed E-state index contributed by atoms with van der Waals surface area (Å²) in [7, 11) is 0. The van der Waals surface area contributed by atoms with Gasteiger partial charge in [-0.05, 0) is 12.1 Å². The molecule has 2 heterocycles. The number of rotatable bonds is 1. The predicted octanol–water partition coefficient (Wildman–Crippen LogP) is 6.52. The van der Waals surface area contributed by atoms with Gasteiger partial charge >= 0.3 is 0 Å². The SMILES string of the molecule is Clc1c2oc3ccccc3c2cc2nc(-c3ccccc3)sc12. The molecule has 0 aliphatic carbocycles. The monoisotopic (exact) mass is 335 g/mol. The van der Waals surface area contributed by atoms with E-state index in [2.05, 4.69) is 18.2 Å². The van der Waals surface area contributed by atoms with E-state index in [1.807, 2.05) is 42.5 Å². The van der Waals surface area contributed by atoms with Crippen LogP contribution in [-0.2, 0) is 0 Å². The smallest absolute Gasteiger partial charge is 0.155 e. The fourth-order valence-corrected chi connectivity index (χ4v) is 4.24. The molecular weight excluding hydrogens is 326 g/mol. The summed E-state index contributed by atoms with van der Waals surface area (Å²) < 4.78 is 6.92. The molecule has 0 amide bonds. The number of hydrogen-bond donors (Lipinski definition) is 0. The van der Waals surface area contributed by atoms with Crippen molar-refractivity contribution >= 4 is 55.1 Å². The number of fused-ring (bicyclic) bond motifs is 4. The van der Waals surface area contributed by atoms with E-state index in [0.717, 1.165) is 42.7 Å². The maximum Gasteiger partial charge on any atom is 0.155 e. The molecule has 5 aromatic rings. The van der Waals surface area contributed by atoms with Crippen molar-refractivity contribution in [1.82, 2.24) is 4.98 Å². The minimum Gasteiger partial charge on any atom is -0.454 e. The Morgan fingerprint density at radius 1 is 0.913 bits per heavy atom. The van der Waals surface area contributed by atoms with Crippen LogP contribution in [0.4, 0.5) is 0 Å². The predicted molar refractivity (Wildman–Crippen MR) is 97.3 cm³/mol. The summed E-state index contributed by atoms with van der Waals surface area (Å²) in [6.07, 6.45) is 0. The maximum absolute atomic E-state index is 6.62. The molecule has 2 aromatic heterocycles. The molecule has 0 N–H and O–H groups in total. The largest absolute Gasteiger partial charge is 0.454 e. The zero-order valence-corrected chi connectivity index (χ0v) is 13.5. The third-order valence-electron chi connectivity index (χ3n) is 3.99. The van der Waals surface area contributed by atoms with Crippen molar-refractivity contribution in [2.45, 2.75) is 0 Å². The summed E-state index contributed by atoms with van der Waals surface area (Å²) >= 11 is 8.22. The summed E-state index contributed by atoms with van der Waals surface area (Å²) in [6.45, 7) is 0. The molecule has 23 heavy (non-hydrogen) atoms. The number of benzene rings is 3. The van der Waals surface area contributed by atoms with Crippen LogP contribution in [-0.4, -0.2) is 4.98 Å². The Morgan fingerprint density at radius 3 is 2.57 bits per heavy atom. The van der Waals surface area contributed by atoms with Gasteiger partial charge in [0.1, 0.15) is 15.6 Å². The molecule has 0 atom stereocenters. The highest BCUT2D eigenvalue weighted by Crippen LogP contribution is 2.42. The second-order valence-corrected chi connectivity index (χ2v) is 6.78. The molecule has 0 saturated heterocycles. The molecule has 5 rings (SSSR count). The standard InChI is InChI=1S/C19H10ClNOS/c20-16-17-13(12-8-4-5-9-15(12)22-17)10-14-18(16)23-19(21-14)11-6-2-1-3-7-11/h1-10H. The topological polar surface area (TPSA) is 26.0 Å². The summed E-state index contributed by atoms with van der Waals surface area (Å²) in [4.78, 5) is 4.77. The molecule has 0 bridgehead atoms. The second kappa shape index (κ2) is 4.82. The highest BCUT2D eigenvalue weighted by atomic mass is 35.5. The van der Waals surface area contributed by atoms with Gasteiger partial charge in [0.25, 0.3) is 0 Å². The van der Waals surface area contributed by atoms with Crippen LogP contribution < -0.4 is 0 Å². The Hall–Kier alpha value is -2.36. The van der Waals surface area contributed by atoms with Crippen LogP contribution in [0, 0.1) is 0 Å². The molecule has 0 aliphatic rings. The first-order chi connectivity index (χ1) is 11.3. The molecule has 0 fully saturated rings. The lowest BCUT2D eigenvalue weighted by atomic mass is 10.1. The first-order valence-electron chi connectivity index (χ1n) is 7.27. The van der Waals surface area contributed by atoms with Gasteiger partial charge in [0.2, 0.25) is 0 Å². The van der Waals surface area contributed by atoms with Crippen molar-refractivity contribution in [2.24, 2.45) is 0 Å². The molecule has 0 saturated carbocycles. The molecule has 3 aromatic carbocycles. The highest BCUT2D eigenvalue weighted by Gasteiger charge is 2.17. The minimum atomic E-state index is 0.647. The van der Waals surface area contributed by atoms with Crippen LogP contribution in [0.3, 0.4) is 0 Å². The third-order valence-corrected chi connectivity index (χ3v) is 5.60. The normalized spacial score (nSPS) is 11.7. The number of nitrogens with zero attached hydrogens (tertiary/aromatic N) is 1. The summed E-state index contributed by atoms with van der Waals surface area (Å²) in [5.41, 5.74) is 3.61. The van der Waals surface area contributed by atoms with E-state index in [4.69, 9.17) is 21.0 Å². The van der Waals surface area contributed by atoms with Gasteiger partial charge in [-0.1, -0.05) is 60.1 Å². The van der Waals surface area contributed by atoms with Gasteiger partial charge < -0.3 is 4.42 Å². The van der Waals surface area contributed by atoms with Crippen LogP contribution >= 0.6 is 22.9 Å². The van der Waals surface area contributed by atoms with E-state index >= 15 is 0 Å². The van der Waals surface area contributed by atoms with Crippen LogP contribution in [0.15, 0.2) is 65.1 Å². The van der Waals surface area contributed by atoms with Crippen molar-refractivity contribution in [2.75, 3.05) is 0 Å². The van der Waals surface area contributed by atoms with Crippen LogP contribution in [0.1, 0.15) is 0 Å². The zero-order valence-electron chi connectivity index (χ0n) is 11.9. The lowest BCUT2D eigenvalue weighted by molar-refractivity contribution is 0.669. The molecule has 4 heteroatoms. The fourth-order valence-electron chi connectivity index (χ4n) is 2.90. The van der Waals surface area contributed by atoms with E-state index in [-0.39, 0.29) is 0 Å². The van der Waals surface area contributed by atoms with E-state index in [0.29, 0.717) is 5.02 Å². The molecule has 0 aliphatic heterocycles. The average molecular weight is 336 g/mol. The Balaban J connectivity index is 1.86. The number of thiazole rings is 1. The van der Waals surface area contributed by atoms with Gasteiger partial charge in [-0.15, -0.1) is 11.3 Å². The van der Waals surface area contributed by atoms with Crippen molar-refractivity contribution in [3.8, 4) is 10.6 Å². The van der Waals surface area contributed by atoms with Gasteiger partial charge in [-0.3, -0.25) is 0 Å². The first-order valence-corrected chi connectivity index (χ1v) is 8.46. The van der Waals surface area contributed by atoms with Crippen molar-refractivity contribution < 1.29 is 4.42 Å². The van der Waals surface area contributed by atoms with E-state index in [9.17, 15) is 0 Å². The maximum atomic E-state index is 6.62. The van der Waals surface area contributed by atoms with E-state index < -0.39 is 0 Å². The average Bonchev–Trinajstić information content (AvgIpc) is 3.18. The van der Waals surface area contributed by atoms with Crippen molar-refractivity contribution in [3.05, 3.63) is 65.7 Å². The van der Waals surface area contributed by atoms with Gasteiger partial charge in [0.05, 0.1) is 10.2 Å². The Kier molecular flexibility index (Phi) is 2.75. The minimum absolute atomic E-state index is 0.647. The number of hydrogen-bond acceptors (Lipinski definition) is 3. The second-order valence-electron chi connectivity index (χ2n) is 5.40. The number of halogens is 1. The molecule has 2 nitrogen and oxygen atoms in total. The van der Waals surface area contributed by atoms with Crippen LogP contribution in [0.5, 0.6) is 0 Å². The summed E-state index contributed by atoms with van der Waals surface area (Å²) in [5.74, 6) is 0. The van der Waals surface area contributed by atoms with Crippen LogP contribution in [0.2, 0.25) is 5.02 Å². The Labute approximate surface area is 140 Å². The third kappa shape index (κ3) is 1.90. The molecule has 110 valence electrons. The van der Waals surface area contributed by atoms with Gasteiger partial charge in [0.15, 0.2) is 5.58 Å². The number of para-hydroxylation sites is 1. The first kappa shape index (κ1) is 13.1. The molecular formula is C19H10ClNOS. The molecule has 0 radical (unpaired) electrons. The zero-order chi connectivity index (χ0) is 15.4.